The monoisotopic (exact) mass is 391 g/mol. The molecule has 0 atom stereocenters. The van der Waals surface area contributed by atoms with Gasteiger partial charge < -0.3 is 15.2 Å². The first-order valence-electron chi connectivity index (χ1n) is 9.93. The predicted molar refractivity (Wildman–Crippen MR) is 114 cm³/mol. The van der Waals surface area contributed by atoms with Crippen molar-refractivity contribution in [3.63, 3.8) is 0 Å². The van der Waals surface area contributed by atoms with Gasteiger partial charge in [-0.25, -0.2) is 14.6 Å². The molecule has 0 bridgehead atoms. The van der Waals surface area contributed by atoms with Gasteiger partial charge >= 0.3 is 0 Å². The molecule has 2 N–H and O–H groups in total. The van der Waals surface area contributed by atoms with Crippen LogP contribution in [0.15, 0.2) is 36.7 Å². The molecule has 4 aromatic rings. The summed E-state index contributed by atoms with van der Waals surface area (Å²) < 4.78 is 3.93. The summed E-state index contributed by atoms with van der Waals surface area (Å²) in [4.78, 5) is 23.4. The van der Waals surface area contributed by atoms with Crippen molar-refractivity contribution in [3.8, 4) is 5.69 Å². The van der Waals surface area contributed by atoms with E-state index in [4.69, 9.17) is 10.7 Å². The zero-order chi connectivity index (χ0) is 20.5. The van der Waals surface area contributed by atoms with Crippen LogP contribution >= 0.6 is 0 Å². The van der Waals surface area contributed by atoms with Gasteiger partial charge in [0.25, 0.3) is 0 Å². The molecule has 4 rings (SSSR count). The number of aromatic nitrogens is 5. The topological polar surface area (TPSA) is 94.9 Å². The fourth-order valence-corrected chi connectivity index (χ4v) is 3.74. The number of amides is 1. The normalized spacial score (nSPS) is 11.4. The average Bonchev–Trinajstić information content (AvgIpc) is 3.39. The van der Waals surface area contributed by atoms with Gasteiger partial charge in [0.2, 0.25) is 5.91 Å². The van der Waals surface area contributed by atoms with Crippen molar-refractivity contribution in [1.29, 1.82) is 0 Å². The van der Waals surface area contributed by atoms with Crippen molar-refractivity contribution in [1.82, 2.24) is 29.2 Å². The number of imidazole rings is 1. The fourth-order valence-electron chi connectivity index (χ4n) is 3.74. The number of aryl methyl sites for hydroxylation is 1. The molecule has 0 radical (unpaired) electrons. The van der Waals surface area contributed by atoms with Gasteiger partial charge in [-0.1, -0.05) is 6.92 Å². The Morgan fingerprint density at radius 1 is 1.21 bits per heavy atom. The van der Waals surface area contributed by atoms with Gasteiger partial charge in [0.15, 0.2) is 5.82 Å². The third kappa shape index (κ3) is 3.20. The predicted octanol–water partition coefficient (Wildman–Crippen LogP) is 3.13. The minimum Gasteiger partial charge on any atom is -0.382 e. The Hall–Kier alpha value is -3.42. The van der Waals surface area contributed by atoms with Crippen molar-refractivity contribution in [3.05, 3.63) is 42.5 Å². The molecular formula is C21H25N7O. The van der Waals surface area contributed by atoms with Gasteiger partial charge in [0.05, 0.1) is 23.3 Å². The second-order valence-electron chi connectivity index (χ2n) is 6.88. The molecule has 1 aromatic carbocycles. The summed E-state index contributed by atoms with van der Waals surface area (Å²) in [5.74, 6) is 1.33. The van der Waals surface area contributed by atoms with E-state index >= 15 is 0 Å². The number of hydrogen-bond donors (Lipinski definition) is 1. The molecule has 0 aliphatic heterocycles. The number of anilines is 1. The largest absolute Gasteiger partial charge is 0.382 e. The number of pyridine rings is 1. The van der Waals surface area contributed by atoms with Crippen LogP contribution < -0.4 is 5.73 Å². The van der Waals surface area contributed by atoms with E-state index < -0.39 is 0 Å². The van der Waals surface area contributed by atoms with E-state index in [0.29, 0.717) is 30.8 Å². The number of benzene rings is 1. The van der Waals surface area contributed by atoms with Crippen LogP contribution in [0.1, 0.15) is 33.0 Å². The molecule has 8 nitrogen and oxygen atoms in total. The lowest BCUT2D eigenvalue weighted by Gasteiger charge is -2.20. The van der Waals surface area contributed by atoms with Crippen molar-refractivity contribution < 1.29 is 4.79 Å². The fraction of sp³-hybridized carbons (Fsp3) is 0.333. The van der Waals surface area contributed by atoms with E-state index in [9.17, 15) is 4.79 Å². The van der Waals surface area contributed by atoms with Crippen molar-refractivity contribution in [2.45, 2.75) is 40.3 Å². The molecule has 0 unspecified atom stereocenters. The Kier molecular flexibility index (Phi) is 4.92. The summed E-state index contributed by atoms with van der Waals surface area (Å²) in [6.07, 6.45) is 4.11. The zero-order valence-electron chi connectivity index (χ0n) is 17.0. The van der Waals surface area contributed by atoms with E-state index in [-0.39, 0.29) is 5.91 Å². The van der Waals surface area contributed by atoms with Gasteiger partial charge in [0, 0.05) is 37.3 Å². The standard InChI is InChI=1S/C21H25N7O/c1-4-18(29)26(5-2)13-17-25-19-20(27(17)6-3)15-9-8-14(28-11-7-10-23-28)12-16(15)24-21(19)22/h7-12H,4-6,13H2,1-3H3,(H2,22,24). The van der Waals surface area contributed by atoms with Crippen LogP contribution in [0.4, 0.5) is 5.82 Å². The number of nitrogen functional groups attached to an aromatic ring is 1. The number of nitrogens with zero attached hydrogens (tertiary/aromatic N) is 6. The summed E-state index contributed by atoms with van der Waals surface area (Å²) in [6, 6.07) is 7.90. The van der Waals surface area contributed by atoms with Crippen molar-refractivity contribution in [2.75, 3.05) is 12.3 Å². The number of carbonyl (C=O) groups excluding carboxylic acids is 1. The van der Waals surface area contributed by atoms with Gasteiger partial charge in [-0.3, -0.25) is 4.79 Å². The van der Waals surface area contributed by atoms with E-state index in [2.05, 4.69) is 21.6 Å². The quantitative estimate of drug-likeness (QED) is 0.545. The average molecular weight is 391 g/mol. The molecular weight excluding hydrogens is 366 g/mol. The Balaban J connectivity index is 1.89. The number of hydrogen-bond acceptors (Lipinski definition) is 5. The summed E-state index contributed by atoms with van der Waals surface area (Å²) in [7, 11) is 0. The second kappa shape index (κ2) is 7.54. The molecule has 0 aliphatic rings. The first-order valence-corrected chi connectivity index (χ1v) is 9.93. The molecule has 3 aromatic heterocycles. The van der Waals surface area contributed by atoms with Gasteiger partial charge in [-0.05, 0) is 38.1 Å². The van der Waals surface area contributed by atoms with Gasteiger partial charge in [-0.15, -0.1) is 0 Å². The van der Waals surface area contributed by atoms with E-state index in [1.54, 1.807) is 10.9 Å². The highest BCUT2D eigenvalue weighted by molar-refractivity contribution is 6.07. The highest BCUT2D eigenvalue weighted by atomic mass is 16.2. The molecule has 0 saturated carbocycles. The Morgan fingerprint density at radius 3 is 2.69 bits per heavy atom. The Bertz CT molecular complexity index is 1180. The van der Waals surface area contributed by atoms with Crippen molar-refractivity contribution >= 4 is 33.7 Å². The molecule has 150 valence electrons. The van der Waals surface area contributed by atoms with Crippen LogP contribution in [0.3, 0.4) is 0 Å². The third-order valence-electron chi connectivity index (χ3n) is 5.22. The summed E-state index contributed by atoms with van der Waals surface area (Å²) in [5.41, 5.74) is 9.64. The maximum absolute atomic E-state index is 12.2. The lowest BCUT2D eigenvalue weighted by molar-refractivity contribution is -0.131. The van der Waals surface area contributed by atoms with Crippen LogP contribution in [0.2, 0.25) is 0 Å². The summed E-state index contributed by atoms with van der Waals surface area (Å²) in [5, 5.41) is 5.27. The Labute approximate surface area is 168 Å². The van der Waals surface area contributed by atoms with E-state index in [0.717, 1.165) is 34.5 Å². The van der Waals surface area contributed by atoms with E-state index in [1.165, 1.54) is 0 Å². The van der Waals surface area contributed by atoms with Crippen LogP contribution in [0.5, 0.6) is 0 Å². The summed E-state index contributed by atoms with van der Waals surface area (Å²) >= 11 is 0. The van der Waals surface area contributed by atoms with Crippen LogP contribution in [0.25, 0.3) is 27.6 Å². The van der Waals surface area contributed by atoms with Crippen molar-refractivity contribution in [2.24, 2.45) is 0 Å². The van der Waals surface area contributed by atoms with E-state index in [1.807, 2.05) is 49.2 Å². The molecule has 8 heteroatoms. The minimum absolute atomic E-state index is 0.113. The smallest absolute Gasteiger partial charge is 0.222 e. The van der Waals surface area contributed by atoms with Gasteiger partial charge in [0.1, 0.15) is 11.3 Å². The second-order valence-corrected chi connectivity index (χ2v) is 6.88. The molecule has 0 saturated heterocycles. The highest BCUT2D eigenvalue weighted by Crippen LogP contribution is 2.30. The number of nitrogens with two attached hydrogens (primary N) is 1. The molecule has 29 heavy (non-hydrogen) atoms. The van der Waals surface area contributed by atoms with Crippen LogP contribution in [0, 0.1) is 0 Å². The zero-order valence-corrected chi connectivity index (χ0v) is 17.0. The Morgan fingerprint density at radius 2 is 2.03 bits per heavy atom. The lowest BCUT2D eigenvalue weighted by Crippen LogP contribution is -2.30. The maximum atomic E-state index is 12.2. The molecule has 0 spiro atoms. The number of carbonyl (C=O) groups is 1. The number of rotatable bonds is 6. The van der Waals surface area contributed by atoms with Crippen LogP contribution in [-0.4, -0.2) is 41.7 Å². The lowest BCUT2D eigenvalue weighted by atomic mass is 10.1. The highest BCUT2D eigenvalue weighted by Gasteiger charge is 2.20. The maximum Gasteiger partial charge on any atom is 0.222 e. The molecule has 3 heterocycles. The van der Waals surface area contributed by atoms with Gasteiger partial charge in [-0.2, -0.15) is 5.10 Å². The summed E-state index contributed by atoms with van der Waals surface area (Å²) in [6.45, 7) is 7.75. The molecule has 0 fully saturated rings. The van der Waals surface area contributed by atoms with Crippen LogP contribution in [-0.2, 0) is 17.9 Å². The number of fused-ring (bicyclic) bond motifs is 3. The SMILES string of the molecule is CCC(=O)N(CC)Cc1nc2c(N)nc3cc(-n4cccn4)ccc3c2n1CC. The first-order chi connectivity index (χ1) is 14.1. The minimum atomic E-state index is 0.113. The first kappa shape index (κ1) is 18.9. The molecule has 0 aliphatic carbocycles. The third-order valence-corrected chi connectivity index (χ3v) is 5.22. The molecule has 1 amide bonds.